The molecule has 0 aliphatic carbocycles. The van der Waals surface area contributed by atoms with Gasteiger partial charge in [-0.05, 0) is 19.2 Å². The van der Waals surface area contributed by atoms with Crippen LogP contribution in [-0.2, 0) is 6.54 Å². The monoisotopic (exact) mass is 191 g/mol. The molecule has 0 aliphatic rings. The maximum absolute atomic E-state index is 13.0. The fourth-order valence-corrected chi connectivity index (χ4v) is 1.15. The van der Waals surface area contributed by atoms with Gasteiger partial charge in [0, 0.05) is 12.1 Å². The van der Waals surface area contributed by atoms with Crippen molar-refractivity contribution < 1.29 is 8.78 Å². The van der Waals surface area contributed by atoms with Crippen LogP contribution in [0.15, 0.2) is 12.1 Å². The van der Waals surface area contributed by atoms with Crippen molar-refractivity contribution in [3.63, 3.8) is 0 Å². The first-order valence-electron chi connectivity index (χ1n) is 3.43. The molecule has 0 heterocycles. The minimum Gasteiger partial charge on any atom is -0.316 e. The maximum atomic E-state index is 13.0. The smallest absolute Gasteiger partial charge is 0.146 e. The summed E-state index contributed by atoms with van der Waals surface area (Å²) < 4.78 is 25.7. The van der Waals surface area contributed by atoms with Crippen LogP contribution in [0.25, 0.3) is 0 Å². The summed E-state index contributed by atoms with van der Waals surface area (Å²) in [6.45, 7) is 0.267. The molecule has 0 fully saturated rings. The van der Waals surface area contributed by atoms with E-state index in [9.17, 15) is 8.78 Å². The topological polar surface area (TPSA) is 12.0 Å². The summed E-state index contributed by atoms with van der Waals surface area (Å²) in [7, 11) is 1.65. The van der Waals surface area contributed by atoms with E-state index in [0.29, 0.717) is 0 Å². The average Bonchev–Trinajstić information content (AvgIpc) is 2.00. The van der Waals surface area contributed by atoms with E-state index in [1.807, 2.05) is 0 Å². The molecular formula is C8H8ClF2N. The normalized spacial score (nSPS) is 10.3. The Morgan fingerprint density at radius 1 is 1.42 bits per heavy atom. The van der Waals surface area contributed by atoms with Gasteiger partial charge in [-0.15, -0.1) is 0 Å². The van der Waals surface area contributed by atoms with Gasteiger partial charge in [-0.3, -0.25) is 0 Å². The van der Waals surface area contributed by atoms with E-state index in [1.165, 1.54) is 0 Å². The predicted octanol–water partition coefficient (Wildman–Crippen LogP) is 2.34. The molecule has 0 spiro atoms. The summed E-state index contributed by atoms with van der Waals surface area (Å²) >= 11 is 5.41. The molecule has 0 atom stereocenters. The molecule has 4 heteroatoms. The number of hydrogen-bond donors (Lipinski definition) is 1. The molecule has 1 N–H and O–H groups in total. The lowest BCUT2D eigenvalue weighted by Gasteiger charge is -2.03. The van der Waals surface area contributed by atoms with Crippen LogP contribution in [0, 0.1) is 11.6 Å². The van der Waals surface area contributed by atoms with Crippen LogP contribution in [0.4, 0.5) is 8.78 Å². The lowest BCUT2D eigenvalue weighted by molar-refractivity contribution is 0.578. The molecule has 1 rings (SSSR count). The highest BCUT2D eigenvalue weighted by molar-refractivity contribution is 6.30. The molecule has 1 aromatic carbocycles. The minimum atomic E-state index is -0.563. The van der Waals surface area contributed by atoms with Crippen molar-refractivity contribution in [1.82, 2.24) is 5.32 Å². The second-order valence-corrected chi connectivity index (χ2v) is 2.80. The summed E-state index contributed by atoms with van der Waals surface area (Å²) in [6.07, 6.45) is 0. The first-order chi connectivity index (χ1) is 5.65. The zero-order valence-electron chi connectivity index (χ0n) is 6.50. The largest absolute Gasteiger partial charge is 0.316 e. The van der Waals surface area contributed by atoms with Gasteiger partial charge in [-0.25, -0.2) is 8.78 Å². The van der Waals surface area contributed by atoms with Gasteiger partial charge in [0.1, 0.15) is 11.6 Å². The third-order valence-electron chi connectivity index (χ3n) is 1.44. The predicted molar refractivity (Wildman–Crippen MR) is 44.1 cm³/mol. The molecule has 0 saturated carbocycles. The molecule has 66 valence electrons. The van der Waals surface area contributed by atoms with Crippen LogP contribution in [0.3, 0.4) is 0 Å². The lowest BCUT2D eigenvalue weighted by atomic mass is 10.2. The van der Waals surface area contributed by atoms with Gasteiger partial charge in [-0.2, -0.15) is 0 Å². The second-order valence-electron chi connectivity index (χ2n) is 2.39. The van der Waals surface area contributed by atoms with Gasteiger partial charge < -0.3 is 5.32 Å². The van der Waals surface area contributed by atoms with Crippen molar-refractivity contribution >= 4 is 11.6 Å². The van der Waals surface area contributed by atoms with Crippen LogP contribution < -0.4 is 5.32 Å². The van der Waals surface area contributed by atoms with Gasteiger partial charge in [0.25, 0.3) is 0 Å². The van der Waals surface area contributed by atoms with Crippen molar-refractivity contribution in [1.29, 1.82) is 0 Å². The van der Waals surface area contributed by atoms with Crippen LogP contribution in [0.5, 0.6) is 0 Å². The Labute approximate surface area is 74.3 Å². The molecule has 1 nitrogen and oxygen atoms in total. The Morgan fingerprint density at radius 3 is 2.67 bits per heavy atom. The van der Waals surface area contributed by atoms with E-state index < -0.39 is 11.6 Å². The maximum Gasteiger partial charge on any atom is 0.146 e. The first-order valence-corrected chi connectivity index (χ1v) is 3.81. The number of hydrogen-bond acceptors (Lipinski definition) is 1. The zero-order valence-corrected chi connectivity index (χ0v) is 7.25. The third kappa shape index (κ3) is 1.93. The summed E-state index contributed by atoms with van der Waals surface area (Å²) in [5, 5.41) is 2.53. The van der Waals surface area contributed by atoms with E-state index in [2.05, 4.69) is 5.32 Å². The number of nitrogens with one attached hydrogen (secondary N) is 1. The summed E-state index contributed by atoms with van der Waals surface area (Å²) in [5.41, 5.74) is 0.238. The first kappa shape index (κ1) is 9.42. The Kier molecular flexibility index (Phi) is 3.00. The summed E-state index contributed by atoms with van der Waals surface area (Å²) in [6, 6.07) is 2.08. The number of rotatable bonds is 2. The quantitative estimate of drug-likeness (QED) is 0.708. The van der Waals surface area contributed by atoms with Crippen molar-refractivity contribution in [2.45, 2.75) is 6.54 Å². The molecule has 0 unspecified atom stereocenters. The molecular weight excluding hydrogens is 184 g/mol. The highest BCUT2D eigenvalue weighted by Gasteiger charge is 2.07. The van der Waals surface area contributed by atoms with Crippen LogP contribution >= 0.6 is 11.6 Å². The third-order valence-corrected chi connectivity index (χ3v) is 1.71. The number of halogens is 3. The fraction of sp³-hybridized carbons (Fsp3) is 0.250. The van der Waals surface area contributed by atoms with Gasteiger partial charge in [0.15, 0.2) is 0 Å². The van der Waals surface area contributed by atoms with Crippen molar-refractivity contribution in [3.8, 4) is 0 Å². The van der Waals surface area contributed by atoms with E-state index in [1.54, 1.807) is 7.05 Å². The molecule has 0 amide bonds. The lowest BCUT2D eigenvalue weighted by Crippen LogP contribution is -2.07. The van der Waals surface area contributed by atoms with Gasteiger partial charge in [0.05, 0.1) is 5.02 Å². The average molecular weight is 192 g/mol. The van der Waals surface area contributed by atoms with Crippen molar-refractivity contribution in [3.05, 3.63) is 34.4 Å². The molecule has 0 radical (unpaired) electrons. The van der Waals surface area contributed by atoms with E-state index >= 15 is 0 Å². The molecule has 12 heavy (non-hydrogen) atoms. The van der Waals surface area contributed by atoms with Gasteiger partial charge >= 0.3 is 0 Å². The van der Waals surface area contributed by atoms with E-state index in [4.69, 9.17) is 11.6 Å². The van der Waals surface area contributed by atoms with Crippen LogP contribution in [0.2, 0.25) is 5.02 Å². The van der Waals surface area contributed by atoms with E-state index in [-0.39, 0.29) is 17.1 Å². The fourth-order valence-electron chi connectivity index (χ4n) is 0.928. The minimum absolute atomic E-state index is 0.180. The van der Waals surface area contributed by atoms with E-state index in [0.717, 1.165) is 12.1 Å². The van der Waals surface area contributed by atoms with Gasteiger partial charge in [0.2, 0.25) is 0 Å². The molecule has 0 bridgehead atoms. The second kappa shape index (κ2) is 3.83. The Balaban J connectivity index is 3.09. The zero-order chi connectivity index (χ0) is 9.14. The highest BCUT2D eigenvalue weighted by Crippen LogP contribution is 2.19. The SMILES string of the molecule is CNCc1cc(F)cc(Cl)c1F. The van der Waals surface area contributed by atoms with Crippen LogP contribution in [0.1, 0.15) is 5.56 Å². The Hall–Kier alpha value is -0.670. The van der Waals surface area contributed by atoms with Crippen molar-refractivity contribution in [2.24, 2.45) is 0 Å². The Bertz CT molecular complexity index is 289. The highest BCUT2D eigenvalue weighted by atomic mass is 35.5. The molecule has 0 saturated heterocycles. The summed E-state index contributed by atoms with van der Waals surface area (Å²) in [4.78, 5) is 0. The summed E-state index contributed by atoms with van der Waals surface area (Å²) in [5.74, 6) is -1.08. The van der Waals surface area contributed by atoms with Crippen molar-refractivity contribution in [2.75, 3.05) is 7.05 Å². The standard InChI is InChI=1S/C8H8ClF2N/c1-12-4-5-2-6(10)3-7(9)8(5)11/h2-3,12H,4H2,1H3. The Morgan fingerprint density at radius 2 is 2.08 bits per heavy atom. The molecule has 1 aromatic rings. The van der Waals surface area contributed by atoms with Crippen LogP contribution in [-0.4, -0.2) is 7.05 Å². The number of benzene rings is 1. The molecule has 0 aromatic heterocycles. The van der Waals surface area contributed by atoms with Gasteiger partial charge in [-0.1, -0.05) is 11.6 Å². The molecule has 0 aliphatic heterocycles.